The highest BCUT2D eigenvalue weighted by atomic mass is 16.3. The van der Waals surface area contributed by atoms with Crippen molar-refractivity contribution in [1.82, 2.24) is 0 Å². The van der Waals surface area contributed by atoms with Crippen molar-refractivity contribution < 1.29 is 8.83 Å². The molecule has 0 unspecified atom stereocenters. The molecule has 0 aliphatic heterocycles. The molecule has 4 nitrogen and oxygen atoms in total. The lowest BCUT2D eigenvalue weighted by atomic mass is 9.70. The third kappa shape index (κ3) is 5.49. The van der Waals surface area contributed by atoms with E-state index in [0.717, 1.165) is 94.2 Å². The van der Waals surface area contributed by atoms with Gasteiger partial charge in [0.25, 0.3) is 0 Å². The highest BCUT2D eigenvalue weighted by molar-refractivity contribution is 6.29. The summed E-state index contributed by atoms with van der Waals surface area (Å²) in [4.78, 5) is 4.81. The normalized spacial score (nSPS) is 13.0. The van der Waals surface area contributed by atoms with Gasteiger partial charge in [0.2, 0.25) is 0 Å². The molecule has 2 aliphatic carbocycles. The van der Waals surface area contributed by atoms with Crippen LogP contribution in [0.2, 0.25) is 0 Å². The second-order valence-corrected chi connectivity index (χ2v) is 19.4. The monoisotopic (exact) mass is 930 g/mol. The molecule has 0 saturated heterocycles. The minimum Gasteiger partial charge on any atom is -0.456 e. The largest absolute Gasteiger partial charge is 0.456 e. The van der Waals surface area contributed by atoms with Gasteiger partial charge in [-0.15, -0.1) is 0 Å². The number of benzene rings is 12. The van der Waals surface area contributed by atoms with Gasteiger partial charge < -0.3 is 18.6 Å². The van der Waals surface area contributed by atoms with E-state index in [2.05, 4.69) is 265 Å². The molecule has 0 bridgehead atoms. The van der Waals surface area contributed by atoms with E-state index in [1.54, 1.807) is 0 Å². The molecule has 0 saturated carbocycles. The summed E-state index contributed by atoms with van der Waals surface area (Å²) in [6.45, 7) is 0. The van der Waals surface area contributed by atoms with E-state index in [1.165, 1.54) is 49.9 Å². The molecule has 73 heavy (non-hydrogen) atoms. The Labute approximate surface area is 420 Å². The first-order chi connectivity index (χ1) is 36.2. The van der Waals surface area contributed by atoms with E-state index in [-0.39, 0.29) is 0 Å². The van der Waals surface area contributed by atoms with E-state index in [1.807, 2.05) is 0 Å². The van der Waals surface area contributed by atoms with Crippen molar-refractivity contribution in [3.63, 3.8) is 0 Å². The number of para-hydroxylation sites is 6. The maximum absolute atomic E-state index is 7.11. The van der Waals surface area contributed by atoms with E-state index in [9.17, 15) is 0 Å². The first kappa shape index (κ1) is 40.1. The zero-order valence-electron chi connectivity index (χ0n) is 39.5. The Hall–Kier alpha value is -9.64. The van der Waals surface area contributed by atoms with Crippen molar-refractivity contribution in [3.8, 4) is 22.3 Å². The highest BCUT2D eigenvalue weighted by Gasteiger charge is 2.53. The summed E-state index contributed by atoms with van der Waals surface area (Å²) in [5.41, 5.74) is 19.1. The van der Waals surface area contributed by atoms with Crippen molar-refractivity contribution in [1.29, 1.82) is 0 Å². The molecule has 0 N–H and O–H groups in total. The van der Waals surface area contributed by atoms with E-state index < -0.39 is 5.41 Å². The lowest BCUT2D eigenvalue weighted by molar-refractivity contribution is 0.669. The molecule has 4 heteroatoms. The van der Waals surface area contributed by atoms with E-state index in [4.69, 9.17) is 8.83 Å². The molecule has 1 spiro atoms. The third-order valence-electron chi connectivity index (χ3n) is 15.8. The molecule has 12 aromatic carbocycles. The van der Waals surface area contributed by atoms with Crippen molar-refractivity contribution in [3.05, 3.63) is 277 Å². The summed E-state index contributed by atoms with van der Waals surface area (Å²) >= 11 is 0. The summed E-state index contributed by atoms with van der Waals surface area (Å²) < 4.78 is 13.9. The number of rotatable bonds is 6. The number of fused-ring (bicyclic) bond motifs is 21. The first-order valence-corrected chi connectivity index (χ1v) is 25.1. The molecule has 0 atom stereocenters. The van der Waals surface area contributed by atoms with Crippen LogP contribution in [0.3, 0.4) is 0 Å². The lowest BCUT2D eigenvalue weighted by Gasteiger charge is -2.33. The fourth-order valence-corrected chi connectivity index (χ4v) is 12.9. The van der Waals surface area contributed by atoms with Gasteiger partial charge >= 0.3 is 0 Å². The van der Waals surface area contributed by atoms with Gasteiger partial charge in [-0.3, -0.25) is 0 Å². The van der Waals surface area contributed by atoms with Crippen LogP contribution >= 0.6 is 0 Å². The molecular formula is C69H42N2O2. The number of nitrogens with zero attached hydrogens (tertiary/aromatic N) is 2. The fraction of sp³-hybridized carbons (Fsp3) is 0.0145. The van der Waals surface area contributed by atoms with Crippen LogP contribution in [0.5, 0.6) is 0 Å². The number of hydrogen-bond donors (Lipinski definition) is 0. The second-order valence-electron chi connectivity index (χ2n) is 19.4. The Bertz CT molecular complexity index is 4430. The van der Waals surface area contributed by atoms with Crippen LogP contribution in [0.1, 0.15) is 22.3 Å². The predicted molar refractivity (Wildman–Crippen MR) is 302 cm³/mol. The van der Waals surface area contributed by atoms with Gasteiger partial charge in [-0.2, -0.15) is 0 Å². The number of furan rings is 2. The summed E-state index contributed by atoms with van der Waals surface area (Å²) in [6, 6.07) is 92.8. The highest BCUT2D eigenvalue weighted by Crippen LogP contribution is 2.66. The average molecular weight is 931 g/mol. The van der Waals surface area contributed by atoms with E-state index >= 15 is 0 Å². The van der Waals surface area contributed by atoms with Crippen LogP contribution in [-0.2, 0) is 5.41 Å². The van der Waals surface area contributed by atoms with Crippen LogP contribution in [-0.4, -0.2) is 0 Å². The van der Waals surface area contributed by atoms with E-state index in [0.29, 0.717) is 0 Å². The molecule has 2 aliphatic rings. The van der Waals surface area contributed by atoms with Crippen LogP contribution < -0.4 is 9.80 Å². The van der Waals surface area contributed by atoms with Crippen LogP contribution in [0, 0.1) is 0 Å². The van der Waals surface area contributed by atoms with Gasteiger partial charge in [-0.25, -0.2) is 0 Å². The predicted octanol–water partition coefficient (Wildman–Crippen LogP) is 19.1. The molecule has 0 radical (unpaired) electrons. The summed E-state index contributed by atoms with van der Waals surface area (Å²) in [7, 11) is 0. The standard InChI is InChI=1S/C69H42N2O2/c1-5-21-44(22-6-1)70(45-23-7-2-8-24-45)59-42-58-64(52-37-38-63-67(66(52)59)51-32-16-19-35-61(51)72-63)54-41-53-43(39-57(54)69(58)55-33-17-13-29-48(55)49-30-14-18-34-56(49)69)40-60(68-65(53)50-31-15-20-36-62(50)73-68)71(46-25-9-3-10-26-46)47-27-11-4-12-28-47/h1-42H. The van der Waals surface area contributed by atoms with Crippen LogP contribution in [0.4, 0.5) is 34.1 Å². The molecule has 2 heterocycles. The lowest BCUT2D eigenvalue weighted by Crippen LogP contribution is -2.26. The van der Waals surface area contributed by atoms with Crippen molar-refractivity contribution in [2.45, 2.75) is 5.41 Å². The average Bonchev–Trinajstić information content (AvgIpc) is 4.29. The Morgan fingerprint density at radius 1 is 0.288 bits per heavy atom. The second kappa shape index (κ2) is 15.2. The molecular weight excluding hydrogens is 889 g/mol. The smallest absolute Gasteiger partial charge is 0.160 e. The van der Waals surface area contributed by atoms with Crippen LogP contribution in [0.15, 0.2) is 264 Å². The SMILES string of the molecule is c1ccc(N(c2ccccc2)c2cc3cc4c(cc3c3c2oc2ccccc23)-c2c(cc(N(c3ccccc3)c3ccccc3)c3c2ccc2oc5ccccc5c23)C42c3ccccc3-c3ccccc32)cc1. The first-order valence-electron chi connectivity index (χ1n) is 25.1. The van der Waals surface area contributed by atoms with Gasteiger partial charge in [0.15, 0.2) is 5.58 Å². The van der Waals surface area contributed by atoms with Crippen molar-refractivity contribution in [2.24, 2.45) is 0 Å². The zero-order valence-corrected chi connectivity index (χ0v) is 39.5. The Morgan fingerprint density at radius 3 is 1.37 bits per heavy atom. The van der Waals surface area contributed by atoms with Crippen molar-refractivity contribution >= 4 is 99.5 Å². The van der Waals surface area contributed by atoms with Gasteiger partial charge in [0.05, 0.1) is 16.8 Å². The van der Waals surface area contributed by atoms with Gasteiger partial charge in [0, 0.05) is 49.7 Å². The fourth-order valence-electron chi connectivity index (χ4n) is 12.9. The van der Waals surface area contributed by atoms with Gasteiger partial charge in [-0.05, 0) is 158 Å². The van der Waals surface area contributed by atoms with Gasteiger partial charge in [0.1, 0.15) is 16.7 Å². The Balaban J connectivity index is 1.11. The topological polar surface area (TPSA) is 32.8 Å². The molecule has 0 amide bonds. The number of hydrogen-bond acceptors (Lipinski definition) is 4. The molecule has 2 aromatic heterocycles. The summed E-state index contributed by atoms with van der Waals surface area (Å²) in [5.74, 6) is 0. The summed E-state index contributed by atoms with van der Waals surface area (Å²) in [6.07, 6.45) is 0. The number of anilines is 6. The minimum atomic E-state index is -0.687. The quantitative estimate of drug-likeness (QED) is 0.166. The Morgan fingerprint density at radius 2 is 0.781 bits per heavy atom. The van der Waals surface area contributed by atoms with Crippen LogP contribution in [0.25, 0.3) is 87.7 Å². The zero-order chi connectivity index (χ0) is 47.8. The molecule has 340 valence electrons. The molecule has 16 rings (SSSR count). The third-order valence-corrected chi connectivity index (χ3v) is 15.8. The van der Waals surface area contributed by atoms with Gasteiger partial charge in [-0.1, -0.05) is 158 Å². The maximum Gasteiger partial charge on any atom is 0.160 e. The Kier molecular flexibility index (Phi) is 8.35. The molecule has 14 aromatic rings. The minimum absolute atomic E-state index is 0.687. The van der Waals surface area contributed by atoms with Crippen molar-refractivity contribution in [2.75, 3.05) is 9.80 Å². The molecule has 0 fully saturated rings. The maximum atomic E-state index is 7.11. The summed E-state index contributed by atoms with van der Waals surface area (Å²) in [5, 5.41) is 8.99.